The number of amides is 2. The molecule has 1 aromatic carbocycles. The Hall–Kier alpha value is -1.64. The summed E-state index contributed by atoms with van der Waals surface area (Å²) in [5.41, 5.74) is 4.48. The molecule has 31 heavy (non-hydrogen) atoms. The Morgan fingerprint density at radius 2 is 2.10 bits per heavy atom. The van der Waals surface area contributed by atoms with Crippen LogP contribution in [0.2, 0.25) is 14.4 Å². The molecular formula is C21H19Cl3N4OS2. The fraction of sp³-hybridized carbons (Fsp3) is 0.238. The van der Waals surface area contributed by atoms with Crippen molar-refractivity contribution in [3.63, 3.8) is 0 Å². The number of hydrogen-bond donors (Lipinski definition) is 2. The van der Waals surface area contributed by atoms with Crippen molar-refractivity contribution in [2.24, 2.45) is 0 Å². The van der Waals surface area contributed by atoms with Crippen LogP contribution in [0, 0.1) is 0 Å². The van der Waals surface area contributed by atoms with Crippen LogP contribution >= 0.6 is 58.1 Å². The molecule has 0 atom stereocenters. The second kappa shape index (κ2) is 10.3. The van der Waals surface area contributed by atoms with E-state index in [2.05, 4.69) is 21.2 Å². The van der Waals surface area contributed by atoms with Gasteiger partial charge in [-0.25, -0.2) is 4.79 Å². The summed E-state index contributed by atoms with van der Waals surface area (Å²) in [6, 6.07) is 8.94. The van der Waals surface area contributed by atoms with E-state index in [4.69, 9.17) is 34.8 Å². The standard InChI is InChI=1S/C21H19Cl3N4OS2/c22-16-5-4-15(17(23)10-16)12-28-20-13(2-1-3-14(20)11-26-28)8-9-25-21(29)27-31-19-7-6-18(24)30-19/h4-8,10-11H,1-3,9,12H2,(H2,25,27,29)/b13-8+. The Labute approximate surface area is 203 Å². The topological polar surface area (TPSA) is 59.0 Å². The van der Waals surface area contributed by atoms with E-state index >= 15 is 0 Å². The van der Waals surface area contributed by atoms with Crippen LogP contribution in [0.1, 0.15) is 29.7 Å². The lowest BCUT2D eigenvalue weighted by Gasteiger charge is -2.18. The number of urea groups is 1. The highest BCUT2D eigenvalue weighted by Crippen LogP contribution is 2.32. The van der Waals surface area contributed by atoms with Crippen molar-refractivity contribution < 1.29 is 4.79 Å². The lowest BCUT2D eigenvalue weighted by atomic mass is 9.92. The van der Waals surface area contributed by atoms with E-state index in [0.29, 0.717) is 27.5 Å². The summed E-state index contributed by atoms with van der Waals surface area (Å²) in [6.07, 6.45) is 6.99. The van der Waals surface area contributed by atoms with Gasteiger partial charge in [0.25, 0.3) is 0 Å². The molecule has 2 amide bonds. The molecule has 0 radical (unpaired) electrons. The number of fused-ring (bicyclic) bond motifs is 1. The van der Waals surface area contributed by atoms with Gasteiger partial charge in [0.15, 0.2) is 0 Å². The average Bonchev–Trinajstić information content (AvgIpc) is 3.35. The number of hydrogen-bond acceptors (Lipinski definition) is 4. The number of thiophene rings is 1. The molecule has 0 spiro atoms. The predicted molar refractivity (Wildman–Crippen MR) is 130 cm³/mol. The molecule has 0 fully saturated rings. The van der Waals surface area contributed by atoms with Crippen molar-refractivity contribution in [3.05, 3.63) is 73.8 Å². The van der Waals surface area contributed by atoms with Gasteiger partial charge in [-0.05, 0) is 72.2 Å². The summed E-state index contributed by atoms with van der Waals surface area (Å²) < 4.78 is 6.37. The van der Waals surface area contributed by atoms with Crippen molar-refractivity contribution in [3.8, 4) is 0 Å². The third-order valence-corrected chi connectivity index (χ3v) is 7.59. The number of allylic oxidation sites excluding steroid dienone is 1. The highest BCUT2D eigenvalue weighted by Gasteiger charge is 2.20. The summed E-state index contributed by atoms with van der Waals surface area (Å²) in [7, 11) is 0. The smallest absolute Gasteiger partial charge is 0.325 e. The van der Waals surface area contributed by atoms with Crippen LogP contribution in [0.5, 0.6) is 0 Å². The number of aromatic nitrogens is 2. The molecule has 10 heteroatoms. The van der Waals surface area contributed by atoms with Gasteiger partial charge in [0, 0.05) is 16.6 Å². The van der Waals surface area contributed by atoms with Gasteiger partial charge in [-0.1, -0.05) is 46.9 Å². The van der Waals surface area contributed by atoms with Gasteiger partial charge in [0.2, 0.25) is 0 Å². The maximum Gasteiger partial charge on any atom is 0.325 e. The Morgan fingerprint density at radius 3 is 2.87 bits per heavy atom. The second-order valence-electron chi connectivity index (χ2n) is 6.97. The second-order valence-corrected chi connectivity index (χ2v) is 10.6. The van der Waals surface area contributed by atoms with E-state index < -0.39 is 0 Å². The summed E-state index contributed by atoms with van der Waals surface area (Å²) >= 11 is 20.9. The molecule has 0 unspecified atom stereocenters. The quantitative estimate of drug-likeness (QED) is 0.361. The first kappa shape index (κ1) is 22.6. The monoisotopic (exact) mass is 512 g/mol. The minimum absolute atomic E-state index is 0.246. The van der Waals surface area contributed by atoms with Gasteiger partial charge in [0.05, 0.1) is 27.0 Å². The maximum absolute atomic E-state index is 12.1. The molecule has 2 N–H and O–H groups in total. The molecule has 0 aliphatic heterocycles. The highest BCUT2D eigenvalue weighted by atomic mass is 35.5. The number of aryl methyl sites for hydroxylation is 1. The number of halogens is 3. The Bertz CT molecular complexity index is 1130. The molecule has 1 aliphatic rings. The Morgan fingerprint density at radius 1 is 1.23 bits per heavy atom. The van der Waals surface area contributed by atoms with E-state index in [-0.39, 0.29) is 6.03 Å². The number of nitrogens with one attached hydrogen (secondary N) is 2. The SMILES string of the molecule is O=C(NC/C=C1\CCCc2cnn(Cc3ccc(Cl)cc3Cl)c21)NSc1ccc(Cl)s1. The lowest BCUT2D eigenvalue weighted by Crippen LogP contribution is -2.31. The van der Waals surface area contributed by atoms with Gasteiger partial charge in [-0.2, -0.15) is 5.10 Å². The van der Waals surface area contributed by atoms with Gasteiger partial charge in [-0.3, -0.25) is 9.40 Å². The molecule has 2 aromatic heterocycles. The number of benzene rings is 1. The fourth-order valence-corrected chi connectivity index (χ4v) is 5.79. The van der Waals surface area contributed by atoms with Crippen molar-refractivity contribution in [1.29, 1.82) is 0 Å². The van der Waals surface area contributed by atoms with Crippen LogP contribution in [0.25, 0.3) is 5.57 Å². The molecule has 4 rings (SSSR count). The number of carbonyl (C=O) groups excluding carboxylic acids is 1. The van der Waals surface area contributed by atoms with Crippen molar-refractivity contribution in [2.45, 2.75) is 30.0 Å². The number of carbonyl (C=O) groups is 1. The molecule has 0 bridgehead atoms. The third kappa shape index (κ3) is 5.79. The normalized spacial score (nSPS) is 14.5. The van der Waals surface area contributed by atoms with E-state index in [9.17, 15) is 4.79 Å². The van der Waals surface area contributed by atoms with Crippen LogP contribution in [0.4, 0.5) is 4.79 Å². The summed E-state index contributed by atoms with van der Waals surface area (Å²) in [4.78, 5) is 12.1. The fourth-order valence-electron chi connectivity index (χ4n) is 3.45. The maximum atomic E-state index is 12.1. The first-order valence-corrected chi connectivity index (χ1v) is 12.4. The van der Waals surface area contributed by atoms with Crippen molar-refractivity contribution in [2.75, 3.05) is 6.54 Å². The van der Waals surface area contributed by atoms with Crippen LogP contribution < -0.4 is 10.0 Å². The molecule has 1 aliphatic carbocycles. The van der Waals surface area contributed by atoms with Gasteiger partial charge < -0.3 is 5.32 Å². The highest BCUT2D eigenvalue weighted by molar-refractivity contribution is 7.99. The summed E-state index contributed by atoms with van der Waals surface area (Å²) in [6.45, 7) is 0.996. The lowest BCUT2D eigenvalue weighted by molar-refractivity contribution is 0.247. The molecular weight excluding hydrogens is 495 g/mol. The van der Waals surface area contributed by atoms with Gasteiger partial charge in [-0.15, -0.1) is 11.3 Å². The van der Waals surface area contributed by atoms with E-state index in [1.807, 2.05) is 29.1 Å². The molecule has 3 aromatic rings. The van der Waals surface area contributed by atoms with Crippen LogP contribution in [-0.4, -0.2) is 22.4 Å². The Kier molecular flexibility index (Phi) is 7.51. The first-order valence-electron chi connectivity index (χ1n) is 9.63. The zero-order chi connectivity index (χ0) is 21.8. The van der Waals surface area contributed by atoms with Crippen LogP contribution in [0.3, 0.4) is 0 Å². The van der Waals surface area contributed by atoms with E-state index in [1.54, 1.807) is 12.1 Å². The molecule has 0 saturated carbocycles. The summed E-state index contributed by atoms with van der Waals surface area (Å²) in [5.74, 6) is 0. The molecule has 162 valence electrons. The van der Waals surface area contributed by atoms with Gasteiger partial charge in [0.1, 0.15) is 0 Å². The number of rotatable bonds is 6. The largest absolute Gasteiger partial charge is 0.334 e. The van der Waals surface area contributed by atoms with E-state index in [1.165, 1.54) is 34.4 Å². The average molecular weight is 514 g/mol. The minimum atomic E-state index is -0.246. The van der Waals surface area contributed by atoms with Gasteiger partial charge >= 0.3 is 6.03 Å². The zero-order valence-electron chi connectivity index (χ0n) is 16.3. The van der Waals surface area contributed by atoms with Crippen LogP contribution in [0.15, 0.2) is 46.8 Å². The molecule has 2 heterocycles. The van der Waals surface area contributed by atoms with Crippen molar-refractivity contribution >= 4 is 69.7 Å². The Balaban J connectivity index is 1.40. The third-order valence-electron chi connectivity index (χ3n) is 4.85. The molecule has 5 nitrogen and oxygen atoms in total. The first-order chi connectivity index (χ1) is 15.0. The predicted octanol–water partition coefficient (Wildman–Crippen LogP) is 6.68. The van der Waals surface area contributed by atoms with Crippen molar-refractivity contribution in [1.82, 2.24) is 19.8 Å². The zero-order valence-corrected chi connectivity index (χ0v) is 20.2. The minimum Gasteiger partial charge on any atom is -0.334 e. The summed E-state index contributed by atoms with van der Waals surface area (Å²) in [5, 5.41) is 8.70. The van der Waals surface area contributed by atoms with Crippen LogP contribution in [-0.2, 0) is 13.0 Å². The molecule has 0 saturated heterocycles. The number of nitrogens with zero attached hydrogens (tertiary/aromatic N) is 2. The van der Waals surface area contributed by atoms with E-state index in [0.717, 1.165) is 34.7 Å².